The predicted molar refractivity (Wildman–Crippen MR) is 120 cm³/mol. The first-order valence-electron chi connectivity index (χ1n) is 9.64. The Morgan fingerprint density at radius 3 is 2.61 bits per heavy atom. The number of amides is 1. The zero-order valence-corrected chi connectivity index (χ0v) is 19.0. The molecular weight excluding hydrogens is 430 g/mol. The molecular formula is C21H21N7OS2. The van der Waals surface area contributed by atoms with Crippen LogP contribution in [0, 0.1) is 20.8 Å². The highest BCUT2D eigenvalue weighted by atomic mass is 32.2. The maximum Gasteiger partial charge on any atom is 0.282 e. The molecule has 0 bridgehead atoms. The van der Waals surface area contributed by atoms with Gasteiger partial charge in [-0.1, -0.05) is 59.0 Å². The molecule has 0 spiro atoms. The molecule has 0 saturated carbocycles. The summed E-state index contributed by atoms with van der Waals surface area (Å²) in [4.78, 5) is 12.4. The molecule has 0 aliphatic heterocycles. The normalized spacial score (nSPS) is 10.9. The van der Waals surface area contributed by atoms with Gasteiger partial charge < -0.3 is 5.32 Å². The van der Waals surface area contributed by atoms with Crippen LogP contribution < -0.4 is 5.32 Å². The quantitative estimate of drug-likeness (QED) is 0.428. The van der Waals surface area contributed by atoms with E-state index in [2.05, 4.69) is 51.0 Å². The van der Waals surface area contributed by atoms with Crippen LogP contribution in [0.4, 0.5) is 0 Å². The Bertz CT molecular complexity index is 1200. The van der Waals surface area contributed by atoms with Crippen LogP contribution in [0.15, 0.2) is 47.6 Å². The first-order chi connectivity index (χ1) is 15.0. The number of benzene rings is 2. The lowest BCUT2D eigenvalue weighted by molar-refractivity contribution is 0.0950. The summed E-state index contributed by atoms with van der Waals surface area (Å²) in [5.74, 6) is 0.294. The molecule has 0 aliphatic rings. The Kier molecular flexibility index (Phi) is 6.38. The zero-order chi connectivity index (χ0) is 21.8. The van der Waals surface area contributed by atoms with E-state index in [0.29, 0.717) is 22.5 Å². The van der Waals surface area contributed by atoms with Gasteiger partial charge in [-0.3, -0.25) is 4.79 Å². The van der Waals surface area contributed by atoms with Crippen molar-refractivity contribution in [3.05, 3.63) is 74.7 Å². The van der Waals surface area contributed by atoms with E-state index in [1.165, 1.54) is 39.8 Å². The minimum Gasteiger partial charge on any atom is -0.346 e. The van der Waals surface area contributed by atoms with Crippen molar-refractivity contribution < 1.29 is 4.79 Å². The van der Waals surface area contributed by atoms with E-state index in [9.17, 15) is 4.79 Å². The minimum absolute atomic E-state index is 0.228. The van der Waals surface area contributed by atoms with Gasteiger partial charge in [-0.2, -0.15) is 4.68 Å². The summed E-state index contributed by atoms with van der Waals surface area (Å²) in [6.07, 6.45) is 0. The van der Waals surface area contributed by atoms with Gasteiger partial charge in [-0.25, -0.2) is 0 Å². The Hall–Kier alpha value is -3.11. The number of tetrazole rings is 1. The Balaban J connectivity index is 1.36. The van der Waals surface area contributed by atoms with Crippen LogP contribution in [-0.2, 0) is 12.3 Å². The highest BCUT2D eigenvalue weighted by molar-refractivity contribution is 7.98. The van der Waals surface area contributed by atoms with Gasteiger partial charge in [0.15, 0.2) is 0 Å². The minimum atomic E-state index is -0.228. The summed E-state index contributed by atoms with van der Waals surface area (Å²) in [7, 11) is 0. The fraction of sp³-hybridized carbons (Fsp3) is 0.238. The molecule has 31 heavy (non-hydrogen) atoms. The third-order valence-electron chi connectivity index (χ3n) is 4.74. The van der Waals surface area contributed by atoms with Gasteiger partial charge in [0.05, 0.1) is 11.4 Å². The van der Waals surface area contributed by atoms with Crippen molar-refractivity contribution >= 4 is 29.0 Å². The summed E-state index contributed by atoms with van der Waals surface area (Å²) < 4.78 is 1.70. The summed E-state index contributed by atoms with van der Waals surface area (Å²) in [6.45, 7) is 6.61. The standard InChI is InChI=1S/C21H21N7OS2/c1-13-4-7-16(8-5-13)11-22-19(29)20-24-23-18(31-20)12-30-21-25-26-27-28(21)17-9-6-14(2)15(3)10-17/h4-10H,11-12H2,1-3H3,(H,22,29). The Morgan fingerprint density at radius 2 is 1.84 bits per heavy atom. The van der Waals surface area contributed by atoms with E-state index in [1.54, 1.807) is 4.68 Å². The van der Waals surface area contributed by atoms with Crippen LogP contribution >= 0.6 is 23.1 Å². The van der Waals surface area contributed by atoms with Gasteiger partial charge >= 0.3 is 0 Å². The number of thioether (sulfide) groups is 1. The van der Waals surface area contributed by atoms with Crippen LogP contribution in [0.3, 0.4) is 0 Å². The lowest BCUT2D eigenvalue weighted by Gasteiger charge is -2.06. The maximum atomic E-state index is 12.4. The number of carbonyl (C=O) groups is 1. The number of carbonyl (C=O) groups excluding carboxylic acids is 1. The molecule has 4 rings (SSSR count). The molecule has 0 fully saturated rings. The number of aryl methyl sites for hydroxylation is 3. The van der Waals surface area contributed by atoms with Gasteiger partial charge in [0.1, 0.15) is 5.01 Å². The lowest BCUT2D eigenvalue weighted by atomic mass is 10.1. The molecule has 0 unspecified atom stereocenters. The Morgan fingerprint density at radius 1 is 1.03 bits per heavy atom. The van der Waals surface area contributed by atoms with E-state index in [4.69, 9.17) is 0 Å². The van der Waals surface area contributed by atoms with Crippen molar-refractivity contribution in [2.24, 2.45) is 0 Å². The number of hydrogen-bond donors (Lipinski definition) is 1. The summed E-state index contributed by atoms with van der Waals surface area (Å²) in [6, 6.07) is 14.1. The van der Waals surface area contributed by atoms with Crippen molar-refractivity contribution in [3.63, 3.8) is 0 Å². The average molecular weight is 452 g/mol. The van der Waals surface area contributed by atoms with Crippen LogP contribution in [0.5, 0.6) is 0 Å². The van der Waals surface area contributed by atoms with Crippen molar-refractivity contribution in [2.45, 2.75) is 38.2 Å². The molecule has 0 aliphatic carbocycles. The highest BCUT2D eigenvalue weighted by Gasteiger charge is 2.15. The third kappa shape index (κ3) is 5.15. The molecule has 2 aromatic heterocycles. The fourth-order valence-electron chi connectivity index (χ4n) is 2.78. The van der Waals surface area contributed by atoms with Crippen LogP contribution in [0.2, 0.25) is 0 Å². The molecule has 158 valence electrons. The highest BCUT2D eigenvalue weighted by Crippen LogP contribution is 2.25. The topological polar surface area (TPSA) is 98.5 Å². The smallest absolute Gasteiger partial charge is 0.282 e. The number of hydrogen-bond acceptors (Lipinski definition) is 8. The zero-order valence-electron chi connectivity index (χ0n) is 17.4. The molecule has 1 N–H and O–H groups in total. The van der Waals surface area contributed by atoms with E-state index in [1.807, 2.05) is 43.3 Å². The summed E-state index contributed by atoms with van der Waals surface area (Å²) in [5, 5.41) is 24.8. The molecule has 2 heterocycles. The number of nitrogens with zero attached hydrogens (tertiary/aromatic N) is 6. The molecule has 10 heteroatoms. The second kappa shape index (κ2) is 9.36. The molecule has 4 aromatic rings. The van der Waals surface area contributed by atoms with Gasteiger partial charge in [-0.15, -0.1) is 15.3 Å². The van der Waals surface area contributed by atoms with Crippen LogP contribution in [0.25, 0.3) is 5.69 Å². The molecule has 8 nitrogen and oxygen atoms in total. The van der Waals surface area contributed by atoms with E-state index < -0.39 is 0 Å². The van der Waals surface area contributed by atoms with Crippen molar-refractivity contribution in [3.8, 4) is 5.69 Å². The second-order valence-corrected chi connectivity index (χ2v) is 9.10. The second-order valence-electron chi connectivity index (χ2n) is 7.10. The summed E-state index contributed by atoms with van der Waals surface area (Å²) >= 11 is 2.72. The fourth-order valence-corrected chi connectivity index (χ4v) is 4.41. The lowest BCUT2D eigenvalue weighted by Crippen LogP contribution is -2.22. The largest absolute Gasteiger partial charge is 0.346 e. The summed E-state index contributed by atoms with van der Waals surface area (Å²) in [5.41, 5.74) is 5.52. The van der Waals surface area contributed by atoms with Crippen molar-refractivity contribution in [2.75, 3.05) is 0 Å². The van der Waals surface area contributed by atoms with Crippen LogP contribution in [0.1, 0.15) is 37.1 Å². The first kappa shape index (κ1) is 21.1. The molecule has 0 saturated heterocycles. The SMILES string of the molecule is Cc1ccc(CNC(=O)c2nnc(CSc3nnnn3-c3ccc(C)c(C)c3)s2)cc1. The van der Waals surface area contributed by atoms with E-state index in [-0.39, 0.29) is 5.91 Å². The van der Waals surface area contributed by atoms with Gasteiger partial charge in [0, 0.05) is 6.54 Å². The van der Waals surface area contributed by atoms with Crippen molar-refractivity contribution in [1.29, 1.82) is 0 Å². The Labute approximate surface area is 188 Å². The molecule has 2 aromatic carbocycles. The molecule has 1 amide bonds. The molecule has 0 radical (unpaired) electrons. The number of aromatic nitrogens is 6. The van der Waals surface area contributed by atoms with E-state index in [0.717, 1.165) is 16.3 Å². The van der Waals surface area contributed by atoms with Gasteiger partial charge in [0.25, 0.3) is 5.91 Å². The average Bonchev–Trinajstić information content (AvgIpc) is 3.43. The molecule has 0 atom stereocenters. The maximum absolute atomic E-state index is 12.4. The van der Waals surface area contributed by atoms with Crippen LogP contribution in [-0.4, -0.2) is 36.3 Å². The first-order valence-corrected chi connectivity index (χ1v) is 11.4. The third-order valence-corrected chi connectivity index (χ3v) is 6.77. The number of nitrogens with one attached hydrogen (secondary N) is 1. The van der Waals surface area contributed by atoms with E-state index >= 15 is 0 Å². The van der Waals surface area contributed by atoms with Gasteiger partial charge in [-0.05, 0) is 60.0 Å². The monoisotopic (exact) mass is 451 g/mol. The predicted octanol–water partition coefficient (Wildman–Crippen LogP) is 3.66. The van der Waals surface area contributed by atoms with Gasteiger partial charge in [0.2, 0.25) is 10.2 Å². The van der Waals surface area contributed by atoms with Crippen molar-refractivity contribution in [1.82, 2.24) is 35.7 Å². The number of rotatable bonds is 7.